The monoisotopic (exact) mass is 556 g/mol. The van der Waals surface area contributed by atoms with Crippen LogP contribution >= 0.6 is 46.4 Å². The highest BCUT2D eigenvalue weighted by Crippen LogP contribution is 2.72. The summed E-state index contributed by atoms with van der Waals surface area (Å²) in [6.45, 7) is 4.40. The van der Waals surface area contributed by atoms with E-state index >= 15 is 0 Å². The van der Waals surface area contributed by atoms with Crippen LogP contribution in [0.4, 0.5) is 0 Å². The van der Waals surface area contributed by atoms with Gasteiger partial charge >= 0.3 is 0 Å². The van der Waals surface area contributed by atoms with Crippen LogP contribution < -0.4 is 0 Å². The molecule has 0 bridgehead atoms. The Bertz CT molecular complexity index is 751. The second kappa shape index (κ2) is 8.21. The second-order valence-corrected chi connectivity index (χ2v) is 13.6. The summed E-state index contributed by atoms with van der Waals surface area (Å²) in [5, 5.41) is 0.670. The number of hydrogen-bond acceptors (Lipinski definition) is 6. The third-order valence-electron chi connectivity index (χ3n) is 9.62. The quantitative estimate of drug-likeness (QED) is 0.402. The molecule has 0 unspecified atom stereocenters. The molecule has 0 aromatic carbocycles. The number of alkyl halides is 4. The summed E-state index contributed by atoms with van der Waals surface area (Å²) in [6, 6.07) is 0. The first-order valence-corrected chi connectivity index (χ1v) is 14.5. The molecule has 192 valence electrons. The fourth-order valence-electron chi connectivity index (χ4n) is 7.82. The van der Waals surface area contributed by atoms with Gasteiger partial charge in [-0.3, -0.25) is 0 Å². The summed E-state index contributed by atoms with van der Waals surface area (Å²) in [6.07, 6.45) is 6.51. The normalized spacial score (nSPS) is 49.8. The van der Waals surface area contributed by atoms with Crippen LogP contribution in [0.1, 0.15) is 38.5 Å². The van der Waals surface area contributed by atoms with Crippen molar-refractivity contribution in [1.82, 2.24) is 0 Å². The Labute approximate surface area is 220 Å². The van der Waals surface area contributed by atoms with E-state index in [2.05, 4.69) is 0 Å². The SMILES string of the molecule is ClC1(Cl)[C@@H]2CCC3(OCCO3)[C@@H]21.Cl[C@@H]1[C@@H]2CCC3(OCCO3)[C@H]12.Cl[C@H]1[C@@H]2CCC3(OCCO3)[C@H]12. The summed E-state index contributed by atoms with van der Waals surface area (Å²) in [5.41, 5.74) is 0. The first kappa shape index (κ1) is 24.0. The number of hydrogen-bond donors (Lipinski definition) is 0. The summed E-state index contributed by atoms with van der Waals surface area (Å²) >= 11 is 24.3. The van der Waals surface area contributed by atoms with Crippen LogP contribution in [0.15, 0.2) is 0 Å². The summed E-state index contributed by atoms with van der Waals surface area (Å²) < 4.78 is 33.1. The van der Waals surface area contributed by atoms with Crippen molar-refractivity contribution >= 4 is 46.4 Å². The fourth-order valence-corrected chi connectivity index (χ4v) is 9.95. The number of ether oxygens (including phenoxy) is 6. The highest BCUT2D eigenvalue weighted by molar-refractivity contribution is 6.51. The van der Waals surface area contributed by atoms with Crippen molar-refractivity contribution in [2.24, 2.45) is 35.5 Å². The van der Waals surface area contributed by atoms with Crippen LogP contribution in [0, 0.1) is 35.5 Å². The van der Waals surface area contributed by atoms with Gasteiger partial charge in [-0.05, 0) is 31.1 Å². The summed E-state index contributed by atoms with van der Waals surface area (Å²) in [4.78, 5) is 0. The lowest BCUT2D eigenvalue weighted by atomic mass is 10.1. The first-order chi connectivity index (χ1) is 16.3. The molecule has 6 aliphatic carbocycles. The van der Waals surface area contributed by atoms with E-state index < -0.39 is 10.1 Å². The highest BCUT2D eigenvalue weighted by atomic mass is 35.5. The highest BCUT2D eigenvalue weighted by Gasteiger charge is 2.77. The number of rotatable bonds is 0. The minimum Gasteiger partial charge on any atom is -0.347 e. The lowest BCUT2D eigenvalue weighted by Crippen LogP contribution is -2.33. The molecule has 10 heteroatoms. The average Bonchev–Trinajstić information content (AvgIpc) is 3.46. The second-order valence-electron chi connectivity index (χ2n) is 11.2. The van der Waals surface area contributed by atoms with Crippen LogP contribution in [0.3, 0.4) is 0 Å². The van der Waals surface area contributed by atoms with Gasteiger partial charge in [-0.25, -0.2) is 0 Å². The van der Waals surface area contributed by atoms with Gasteiger partial charge in [0.15, 0.2) is 17.4 Å². The largest absolute Gasteiger partial charge is 0.347 e. The van der Waals surface area contributed by atoms with Gasteiger partial charge < -0.3 is 28.4 Å². The van der Waals surface area contributed by atoms with Gasteiger partial charge in [-0.1, -0.05) is 0 Å². The molecular weight excluding hydrogens is 526 g/mol. The standard InChI is InChI=1S/C8H10Cl2O2.2C8H11ClO2/c9-8(10)5-1-2-7(6(5)8)11-3-4-12-7;2*9-7-5-1-2-8(6(5)7)10-3-4-11-8/h5-6H,1-4H2;2*5-7H,1-4H2/t5-,6-;5-,6+,7+;5-,6+,7-/m111/s1. The lowest BCUT2D eigenvalue weighted by Gasteiger charge is -2.25. The van der Waals surface area contributed by atoms with Gasteiger partial charge in [0.25, 0.3) is 0 Å². The maximum absolute atomic E-state index is 6.08. The van der Waals surface area contributed by atoms with Gasteiger partial charge in [0.2, 0.25) is 0 Å². The Morgan fingerprint density at radius 1 is 0.529 bits per heavy atom. The molecule has 9 rings (SSSR count). The maximum atomic E-state index is 6.08. The Kier molecular flexibility index (Phi) is 5.79. The van der Waals surface area contributed by atoms with Crippen molar-refractivity contribution in [2.45, 2.75) is 71.0 Å². The van der Waals surface area contributed by atoms with Gasteiger partial charge in [0.05, 0.1) is 45.6 Å². The molecule has 0 radical (unpaired) electrons. The lowest BCUT2D eigenvalue weighted by molar-refractivity contribution is -0.167. The Hall–Kier alpha value is 0.920. The predicted molar refractivity (Wildman–Crippen MR) is 126 cm³/mol. The minimum absolute atomic E-state index is 0.218. The maximum Gasteiger partial charge on any atom is 0.174 e. The molecule has 6 nitrogen and oxygen atoms in total. The fraction of sp³-hybridized carbons (Fsp3) is 1.00. The van der Waals surface area contributed by atoms with Crippen molar-refractivity contribution in [3.8, 4) is 0 Å². The van der Waals surface area contributed by atoms with E-state index in [-0.39, 0.29) is 17.5 Å². The molecule has 3 heterocycles. The smallest absolute Gasteiger partial charge is 0.174 e. The minimum atomic E-state index is -0.567. The predicted octanol–water partition coefficient (Wildman–Crippen LogP) is 4.70. The van der Waals surface area contributed by atoms with Gasteiger partial charge in [-0.2, -0.15) is 0 Å². The molecule has 3 saturated heterocycles. The van der Waals surface area contributed by atoms with Gasteiger partial charge in [-0.15, -0.1) is 46.4 Å². The molecule has 0 N–H and O–H groups in total. The molecule has 0 aromatic heterocycles. The molecule has 6 saturated carbocycles. The van der Waals surface area contributed by atoms with Crippen molar-refractivity contribution in [2.75, 3.05) is 39.6 Å². The van der Waals surface area contributed by atoms with E-state index in [4.69, 9.17) is 74.8 Å². The van der Waals surface area contributed by atoms with Crippen molar-refractivity contribution < 1.29 is 28.4 Å². The molecule has 34 heavy (non-hydrogen) atoms. The molecule has 3 aliphatic heterocycles. The van der Waals surface area contributed by atoms with Gasteiger partial charge in [0, 0.05) is 47.8 Å². The molecule has 0 aromatic rings. The topological polar surface area (TPSA) is 55.4 Å². The van der Waals surface area contributed by atoms with E-state index in [1.165, 1.54) is 12.8 Å². The zero-order valence-electron chi connectivity index (χ0n) is 19.1. The van der Waals surface area contributed by atoms with Crippen LogP contribution in [0.25, 0.3) is 0 Å². The molecule has 9 aliphatic rings. The molecule has 3 spiro atoms. The van der Waals surface area contributed by atoms with Crippen molar-refractivity contribution in [3.63, 3.8) is 0 Å². The van der Waals surface area contributed by atoms with Crippen molar-refractivity contribution in [3.05, 3.63) is 0 Å². The molecule has 0 amide bonds. The van der Waals surface area contributed by atoms with E-state index in [9.17, 15) is 0 Å². The van der Waals surface area contributed by atoms with Crippen LogP contribution in [0.5, 0.6) is 0 Å². The average molecular weight is 558 g/mol. The van der Waals surface area contributed by atoms with Crippen molar-refractivity contribution in [1.29, 1.82) is 0 Å². The molecule has 8 atom stereocenters. The third-order valence-corrected chi connectivity index (χ3v) is 11.8. The zero-order chi connectivity index (χ0) is 23.3. The van der Waals surface area contributed by atoms with E-state index in [1.807, 2.05) is 0 Å². The van der Waals surface area contributed by atoms with Gasteiger partial charge in [0.1, 0.15) is 4.33 Å². The van der Waals surface area contributed by atoms with Crippen LogP contribution in [-0.2, 0) is 28.4 Å². The first-order valence-electron chi connectivity index (χ1n) is 12.8. The van der Waals surface area contributed by atoms with Crippen LogP contribution in [-0.4, -0.2) is 72.1 Å². The zero-order valence-corrected chi connectivity index (χ0v) is 22.1. The van der Waals surface area contributed by atoms with E-state index in [1.54, 1.807) is 0 Å². The van der Waals surface area contributed by atoms with E-state index in [0.29, 0.717) is 53.6 Å². The Morgan fingerprint density at radius 2 is 0.912 bits per heavy atom. The summed E-state index contributed by atoms with van der Waals surface area (Å²) in [7, 11) is 0. The summed E-state index contributed by atoms with van der Waals surface area (Å²) in [5.74, 6) is 2.13. The number of fused-ring (bicyclic) bond motifs is 6. The Balaban J connectivity index is 0.0000000883. The van der Waals surface area contributed by atoms with Crippen LogP contribution in [0.2, 0.25) is 0 Å². The Morgan fingerprint density at radius 3 is 1.24 bits per heavy atom. The number of halogens is 4. The third kappa shape index (κ3) is 3.50. The molecule has 9 fully saturated rings. The molecular formula is C24H32Cl4O6. The van der Waals surface area contributed by atoms with E-state index in [0.717, 1.165) is 52.1 Å².